The molecule has 0 fully saturated rings. The molecular formula is C16H19F3N4O2. The second-order valence-electron chi connectivity index (χ2n) is 5.67. The lowest BCUT2D eigenvalue weighted by Gasteiger charge is -2.23. The highest BCUT2D eigenvalue weighted by atomic mass is 19.4. The smallest absolute Gasteiger partial charge is 0.406 e. The molecule has 2 aromatic rings. The van der Waals surface area contributed by atoms with Crippen molar-refractivity contribution in [3.63, 3.8) is 0 Å². The summed E-state index contributed by atoms with van der Waals surface area (Å²) in [6.07, 6.45) is -1.16. The molecule has 0 radical (unpaired) electrons. The number of carbonyl (C=O) groups excluding carboxylic acids is 1. The molecule has 9 heteroatoms. The summed E-state index contributed by atoms with van der Waals surface area (Å²) in [6.45, 7) is 2.29. The second kappa shape index (κ2) is 7.56. The molecule has 0 saturated carbocycles. The normalized spacial score (nSPS) is 12.9. The van der Waals surface area contributed by atoms with Crippen molar-refractivity contribution in [1.82, 2.24) is 14.7 Å². The van der Waals surface area contributed by atoms with Crippen molar-refractivity contribution in [2.45, 2.75) is 25.9 Å². The number of halogens is 3. The van der Waals surface area contributed by atoms with E-state index < -0.39 is 12.4 Å². The predicted molar refractivity (Wildman–Crippen MR) is 85.9 cm³/mol. The number of rotatable bonds is 6. The molecule has 6 nitrogen and oxygen atoms in total. The van der Waals surface area contributed by atoms with Crippen LogP contribution in [0.5, 0.6) is 5.75 Å². The number of benzene rings is 1. The lowest BCUT2D eigenvalue weighted by Crippen LogP contribution is -2.39. The van der Waals surface area contributed by atoms with Gasteiger partial charge in [0, 0.05) is 31.0 Å². The van der Waals surface area contributed by atoms with E-state index in [4.69, 9.17) is 0 Å². The summed E-state index contributed by atoms with van der Waals surface area (Å²) >= 11 is 0. The maximum Gasteiger partial charge on any atom is 0.573 e. The molecule has 1 aromatic heterocycles. The lowest BCUT2D eigenvalue weighted by molar-refractivity contribution is -0.274. The summed E-state index contributed by atoms with van der Waals surface area (Å²) in [6, 6.07) is 4.56. The number of nitrogens with one attached hydrogen (secondary N) is 1. The molecule has 0 aliphatic heterocycles. The molecule has 136 valence electrons. The van der Waals surface area contributed by atoms with Gasteiger partial charge < -0.3 is 10.1 Å². The number of ether oxygens (including phenoxy) is 1. The first-order chi connectivity index (χ1) is 11.6. The number of nitrogens with zero attached hydrogens (tertiary/aromatic N) is 3. The minimum absolute atomic E-state index is 0.268. The van der Waals surface area contributed by atoms with Crippen LogP contribution in [0.3, 0.4) is 0 Å². The van der Waals surface area contributed by atoms with E-state index in [1.54, 1.807) is 24.9 Å². The monoisotopic (exact) mass is 356 g/mol. The fraction of sp³-hybridized carbons (Fsp3) is 0.375. The first-order valence-corrected chi connectivity index (χ1v) is 7.48. The van der Waals surface area contributed by atoms with Gasteiger partial charge in [-0.05, 0) is 38.2 Å². The van der Waals surface area contributed by atoms with Crippen LogP contribution in [0.1, 0.15) is 12.5 Å². The Morgan fingerprint density at radius 3 is 2.52 bits per heavy atom. The second-order valence-corrected chi connectivity index (χ2v) is 5.67. The molecule has 0 bridgehead atoms. The quantitative estimate of drug-likeness (QED) is 0.865. The highest BCUT2D eigenvalue weighted by molar-refractivity contribution is 5.94. The Labute approximate surface area is 143 Å². The molecule has 0 unspecified atom stereocenters. The maximum atomic E-state index is 12.3. The molecule has 0 saturated heterocycles. The number of anilines is 1. The van der Waals surface area contributed by atoms with Crippen LogP contribution in [0.15, 0.2) is 36.7 Å². The molecule has 2 rings (SSSR count). The standard InChI is InChI=1S/C16H19F3N4O2/c1-11(22(2)9-12-8-20-23(3)10-12)15(24)21-13-4-6-14(7-5-13)25-16(17,18)19/h4-8,10-11H,9H2,1-3H3,(H,21,24)/t11-/m1/s1. The van der Waals surface area contributed by atoms with Crippen LogP contribution in [-0.4, -0.2) is 40.0 Å². The molecule has 0 aliphatic rings. The molecule has 0 spiro atoms. The van der Waals surface area contributed by atoms with Gasteiger partial charge in [0.05, 0.1) is 12.2 Å². The minimum Gasteiger partial charge on any atom is -0.406 e. The Balaban J connectivity index is 1.91. The average Bonchev–Trinajstić information content (AvgIpc) is 2.92. The van der Waals surface area contributed by atoms with Crippen molar-refractivity contribution < 1.29 is 22.7 Å². The van der Waals surface area contributed by atoms with Crippen molar-refractivity contribution in [2.24, 2.45) is 7.05 Å². The largest absolute Gasteiger partial charge is 0.573 e. The van der Waals surface area contributed by atoms with Crippen molar-refractivity contribution in [2.75, 3.05) is 12.4 Å². The predicted octanol–water partition coefficient (Wildman–Crippen LogP) is 2.78. The van der Waals surface area contributed by atoms with Crippen LogP contribution < -0.4 is 10.1 Å². The van der Waals surface area contributed by atoms with E-state index in [9.17, 15) is 18.0 Å². The summed E-state index contributed by atoms with van der Waals surface area (Å²) in [4.78, 5) is 14.1. The highest BCUT2D eigenvalue weighted by Crippen LogP contribution is 2.24. The van der Waals surface area contributed by atoms with E-state index in [2.05, 4.69) is 15.2 Å². The Morgan fingerprint density at radius 1 is 1.36 bits per heavy atom. The Kier molecular flexibility index (Phi) is 5.68. The van der Waals surface area contributed by atoms with Crippen molar-refractivity contribution in [3.05, 3.63) is 42.2 Å². The van der Waals surface area contributed by atoms with E-state index in [1.165, 1.54) is 12.1 Å². The van der Waals surface area contributed by atoms with Gasteiger partial charge in [0.25, 0.3) is 0 Å². The molecule has 1 amide bonds. The minimum atomic E-state index is -4.74. The number of hydrogen-bond donors (Lipinski definition) is 1. The topological polar surface area (TPSA) is 59.4 Å². The Bertz CT molecular complexity index is 713. The number of amides is 1. The van der Waals surface area contributed by atoms with Crippen molar-refractivity contribution >= 4 is 11.6 Å². The van der Waals surface area contributed by atoms with Crippen molar-refractivity contribution in [3.8, 4) is 5.75 Å². The van der Waals surface area contributed by atoms with E-state index in [-0.39, 0.29) is 11.7 Å². The molecule has 25 heavy (non-hydrogen) atoms. The van der Waals surface area contributed by atoms with Crippen LogP contribution >= 0.6 is 0 Å². The maximum absolute atomic E-state index is 12.3. The zero-order valence-corrected chi connectivity index (χ0v) is 14.0. The van der Waals surface area contributed by atoms with Gasteiger partial charge in [-0.25, -0.2) is 0 Å². The van der Waals surface area contributed by atoms with Gasteiger partial charge in [-0.1, -0.05) is 0 Å². The third-order valence-corrected chi connectivity index (χ3v) is 3.59. The first-order valence-electron chi connectivity index (χ1n) is 7.48. The van der Waals surface area contributed by atoms with Gasteiger partial charge in [-0.3, -0.25) is 14.4 Å². The third-order valence-electron chi connectivity index (χ3n) is 3.59. The molecule has 1 aromatic carbocycles. The fourth-order valence-corrected chi connectivity index (χ4v) is 2.17. The van der Waals surface area contributed by atoms with Crippen LogP contribution in [-0.2, 0) is 18.4 Å². The zero-order chi connectivity index (χ0) is 18.6. The van der Waals surface area contributed by atoms with Gasteiger partial charge in [-0.2, -0.15) is 5.10 Å². The third kappa shape index (κ3) is 5.79. The molecule has 1 N–H and O–H groups in total. The number of likely N-dealkylation sites (N-methyl/N-ethyl adjacent to an activating group) is 1. The average molecular weight is 356 g/mol. The summed E-state index contributed by atoms with van der Waals surface area (Å²) in [5.74, 6) is -0.608. The fourth-order valence-electron chi connectivity index (χ4n) is 2.17. The lowest BCUT2D eigenvalue weighted by atomic mass is 10.2. The summed E-state index contributed by atoms with van der Waals surface area (Å²) in [7, 11) is 3.61. The summed E-state index contributed by atoms with van der Waals surface area (Å²) in [5.41, 5.74) is 1.36. The number of carbonyl (C=O) groups is 1. The number of aromatic nitrogens is 2. The number of hydrogen-bond acceptors (Lipinski definition) is 4. The van der Waals surface area contributed by atoms with Gasteiger partial charge in [0.15, 0.2) is 0 Å². The van der Waals surface area contributed by atoms with Gasteiger partial charge in [0.2, 0.25) is 5.91 Å². The molecule has 0 aliphatic carbocycles. The number of alkyl halides is 3. The van der Waals surface area contributed by atoms with Gasteiger partial charge in [-0.15, -0.1) is 13.2 Å². The zero-order valence-electron chi connectivity index (χ0n) is 14.0. The van der Waals surface area contributed by atoms with E-state index in [0.717, 1.165) is 17.7 Å². The molecular weight excluding hydrogens is 337 g/mol. The van der Waals surface area contributed by atoms with Crippen molar-refractivity contribution in [1.29, 1.82) is 0 Å². The van der Waals surface area contributed by atoms with E-state index in [1.807, 2.05) is 18.1 Å². The summed E-state index contributed by atoms with van der Waals surface area (Å²) < 4.78 is 41.8. The molecule has 1 heterocycles. The van der Waals surface area contributed by atoms with Crippen LogP contribution in [0.2, 0.25) is 0 Å². The van der Waals surface area contributed by atoms with Crippen LogP contribution in [0.25, 0.3) is 0 Å². The van der Waals surface area contributed by atoms with Crippen LogP contribution in [0, 0.1) is 0 Å². The Hall–Kier alpha value is -2.55. The Morgan fingerprint density at radius 2 is 2.00 bits per heavy atom. The van der Waals surface area contributed by atoms with E-state index >= 15 is 0 Å². The first kappa shape index (κ1) is 18.8. The highest BCUT2D eigenvalue weighted by Gasteiger charge is 2.31. The van der Waals surface area contributed by atoms with Gasteiger partial charge in [0.1, 0.15) is 5.75 Å². The van der Waals surface area contributed by atoms with E-state index in [0.29, 0.717) is 12.2 Å². The molecule has 1 atom stereocenters. The number of aryl methyl sites for hydroxylation is 1. The summed E-state index contributed by atoms with van der Waals surface area (Å²) in [5, 5.41) is 6.74. The van der Waals surface area contributed by atoms with Crippen LogP contribution in [0.4, 0.5) is 18.9 Å². The SMILES string of the molecule is C[C@H](C(=O)Nc1ccc(OC(F)(F)F)cc1)N(C)Cc1cnn(C)c1. The van der Waals surface area contributed by atoms with Gasteiger partial charge >= 0.3 is 6.36 Å².